The molecule has 332 valence electrons. The first-order valence-electron chi connectivity index (χ1n) is 20.4. The predicted molar refractivity (Wildman–Crippen MR) is 219 cm³/mol. The maximum Gasteiger partial charge on any atom is 0.471 e. The summed E-state index contributed by atoms with van der Waals surface area (Å²) in [5.74, 6) is -2.11. The second-order valence-corrected chi connectivity index (χ2v) is 18.2. The molecule has 0 bridgehead atoms. The number of esters is 1. The van der Waals surface area contributed by atoms with Crippen LogP contribution < -0.4 is 4.74 Å². The number of halogens is 5. The van der Waals surface area contributed by atoms with Crippen molar-refractivity contribution in [3.05, 3.63) is 94.6 Å². The molecule has 8 rings (SSSR count). The average molecular weight is 903 g/mol. The van der Waals surface area contributed by atoms with Crippen LogP contribution in [0.2, 0.25) is 0 Å². The first kappa shape index (κ1) is 45.3. The third-order valence-electron chi connectivity index (χ3n) is 13.6. The molecule has 12 nitrogen and oxygen atoms in total. The molecule has 8 atom stereocenters. The SMILES string of the molecule is C[C@@H]1C[C@H]2[C@@H]3CCC4=CC(=O)C=C[C@]4(C)[C@@]3(Cl)[C@@H](O)C[C@]2(C)[C@@]1(OC(=O)c1ccco1)C(=O)CCl.Cc1cc(CCCOc2c(C)cc(-c3noc(C(F)(F)F)n3)cc2C)on1. The second kappa shape index (κ2) is 16.8. The lowest BCUT2D eigenvalue weighted by molar-refractivity contribution is -0.177. The van der Waals surface area contributed by atoms with Crippen molar-refractivity contribution in [3.63, 3.8) is 0 Å². The van der Waals surface area contributed by atoms with Crippen LogP contribution >= 0.6 is 23.2 Å². The van der Waals surface area contributed by atoms with Gasteiger partial charge in [-0.1, -0.05) is 42.7 Å². The Morgan fingerprint density at radius 1 is 1.06 bits per heavy atom. The summed E-state index contributed by atoms with van der Waals surface area (Å²) in [5.41, 5.74) is 0.626. The number of aryl methyl sites for hydroxylation is 4. The Bertz CT molecular complexity index is 2390. The molecule has 17 heteroatoms. The van der Waals surface area contributed by atoms with Gasteiger partial charge in [0, 0.05) is 34.8 Å². The average Bonchev–Trinajstić information content (AvgIpc) is 4.04. The van der Waals surface area contributed by atoms with Gasteiger partial charge in [0.25, 0.3) is 0 Å². The van der Waals surface area contributed by atoms with Crippen LogP contribution in [-0.4, -0.2) is 67.0 Å². The number of alkyl halides is 5. The van der Waals surface area contributed by atoms with Crippen molar-refractivity contribution in [1.82, 2.24) is 15.3 Å². The number of rotatable bonds is 10. The van der Waals surface area contributed by atoms with Gasteiger partial charge >= 0.3 is 18.0 Å². The molecule has 3 fully saturated rings. The Labute approximate surface area is 366 Å². The number of fused-ring (bicyclic) bond motifs is 5. The molecule has 4 aromatic rings. The normalized spacial score (nSPS) is 30.1. The van der Waals surface area contributed by atoms with Crippen LogP contribution in [0.15, 0.2) is 73.9 Å². The minimum Gasteiger partial charge on any atom is -0.493 e. The summed E-state index contributed by atoms with van der Waals surface area (Å²) in [6, 6.07) is 8.30. The zero-order valence-corrected chi connectivity index (χ0v) is 36.6. The zero-order valence-electron chi connectivity index (χ0n) is 35.1. The highest BCUT2D eigenvalue weighted by atomic mass is 35.5. The fraction of sp³-hybridized carbons (Fsp3) is 0.511. The molecular formula is C45H48Cl2F3N3O9. The van der Waals surface area contributed by atoms with Gasteiger partial charge in [0.15, 0.2) is 17.2 Å². The maximum atomic E-state index is 13.6. The number of benzene rings is 1. The van der Waals surface area contributed by atoms with Crippen molar-refractivity contribution in [2.45, 2.75) is 103 Å². The molecule has 0 spiro atoms. The number of furan rings is 1. The van der Waals surface area contributed by atoms with Crippen LogP contribution in [0, 0.1) is 49.4 Å². The van der Waals surface area contributed by atoms with E-state index in [1.165, 1.54) is 18.4 Å². The molecule has 1 N–H and O–H groups in total. The number of hydrogen-bond acceptors (Lipinski definition) is 12. The second-order valence-electron chi connectivity index (χ2n) is 17.3. The molecule has 0 radical (unpaired) electrons. The summed E-state index contributed by atoms with van der Waals surface area (Å²) < 4.78 is 64.4. The molecule has 62 heavy (non-hydrogen) atoms. The van der Waals surface area contributed by atoms with E-state index in [1.54, 1.807) is 24.3 Å². The van der Waals surface area contributed by atoms with Gasteiger partial charge in [-0.2, -0.15) is 18.2 Å². The first-order chi connectivity index (χ1) is 29.2. The van der Waals surface area contributed by atoms with E-state index in [1.807, 2.05) is 53.7 Å². The third-order valence-corrected chi connectivity index (χ3v) is 14.7. The Hall–Kier alpha value is -4.73. The Kier molecular flexibility index (Phi) is 12.2. The maximum absolute atomic E-state index is 13.6. The number of allylic oxidation sites excluding steroid dienone is 4. The summed E-state index contributed by atoms with van der Waals surface area (Å²) in [6.45, 7) is 11.8. The lowest BCUT2D eigenvalue weighted by Gasteiger charge is -2.64. The van der Waals surface area contributed by atoms with Crippen LogP contribution in [0.5, 0.6) is 5.75 Å². The number of Topliss-reactive ketones (excluding diaryl/α,β-unsaturated/α-hetero) is 1. The van der Waals surface area contributed by atoms with Crippen LogP contribution in [0.3, 0.4) is 0 Å². The van der Waals surface area contributed by atoms with Crippen molar-refractivity contribution in [2.24, 2.45) is 28.6 Å². The fourth-order valence-corrected chi connectivity index (χ4v) is 11.5. The molecule has 0 amide bonds. The van der Waals surface area contributed by atoms with Crippen LogP contribution in [-0.2, 0) is 26.9 Å². The number of aliphatic hydroxyl groups excluding tert-OH is 1. The van der Waals surface area contributed by atoms with Crippen LogP contribution in [0.1, 0.15) is 91.9 Å². The smallest absolute Gasteiger partial charge is 0.471 e. The number of carbonyl (C=O) groups excluding carboxylic acids is 3. The molecule has 3 aromatic heterocycles. The molecular weight excluding hydrogens is 854 g/mol. The van der Waals surface area contributed by atoms with E-state index in [0.29, 0.717) is 43.6 Å². The summed E-state index contributed by atoms with van der Waals surface area (Å²) in [6.07, 6.45) is 4.22. The first-order valence-corrected chi connectivity index (χ1v) is 21.4. The van der Waals surface area contributed by atoms with Gasteiger partial charge in [0.1, 0.15) is 11.5 Å². The molecule has 4 aliphatic rings. The van der Waals surface area contributed by atoms with Crippen molar-refractivity contribution in [2.75, 3.05) is 12.5 Å². The summed E-state index contributed by atoms with van der Waals surface area (Å²) in [5, 5.41) is 19.0. The van der Waals surface area contributed by atoms with Crippen molar-refractivity contribution in [3.8, 4) is 17.1 Å². The zero-order chi connectivity index (χ0) is 45.0. The quantitative estimate of drug-likeness (QED) is 0.0911. The highest BCUT2D eigenvalue weighted by molar-refractivity contribution is 6.29. The highest BCUT2D eigenvalue weighted by Crippen LogP contribution is 2.72. The molecule has 1 aromatic carbocycles. The van der Waals surface area contributed by atoms with Crippen molar-refractivity contribution >= 4 is 40.7 Å². The fourth-order valence-electron chi connectivity index (χ4n) is 10.8. The van der Waals surface area contributed by atoms with Crippen molar-refractivity contribution < 1.29 is 55.6 Å². The van der Waals surface area contributed by atoms with E-state index < -0.39 is 45.4 Å². The monoisotopic (exact) mass is 901 g/mol. The summed E-state index contributed by atoms with van der Waals surface area (Å²) in [4.78, 5) is 41.1. The largest absolute Gasteiger partial charge is 0.493 e. The number of aromatic nitrogens is 3. The molecule has 0 saturated heterocycles. The van der Waals surface area contributed by atoms with Gasteiger partial charge in [-0.15, -0.1) is 23.2 Å². The number of carbonyl (C=O) groups is 3. The molecule has 3 saturated carbocycles. The van der Waals surface area contributed by atoms with Gasteiger partial charge in [-0.3, -0.25) is 9.59 Å². The number of aliphatic hydroxyl groups is 1. The van der Waals surface area contributed by atoms with E-state index in [0.717, 1.165) is 34.6 Å². The van der Waals surface area contributed by atoms with E-state index in [9.17, 15) is 32.7 Å². The summed E-state index contributed by atoms with van der Waals surface area (Å²) >= 11 is 13.6. The molecule has 0 unspecified atom stereocenters. The Morgan fingerprint density at radius 2 is 1.79 bits per heavy atom. The Morgan fingerprint density at radius 3 is 2.40 bits per heavy atom. The topological polar surface area (TPSA) is 168 Å². The van der Waals surface area contributed by atoms with Crippen LogP contribution in [0.4, 0.5) is 13.2 Å². The minimum atomic E-state index is -4.67. The lowest BCUT2D eigenvalue weighted by atomic mass is 9.45. The molecule has 0 aliphatic heterocycles. The van der Waals surface area contributed by atoms with E-state index in [4.69, 9.17) is 41.6 Å². The minimum absolute atomic E-state index is 0.00557. The summed E-state index contributed by atoms with van der Waals surface area (Å²) in [7, 11) is 0. The number of ether oxygens (including phenoxy) is 2. The van der Waals surface area contributed by atoms with Gasteiger partial charge in [0.2, 0.25) is 11.6 Å². The van der Waals surface area contributed by atoms with Crippen LogP contribution in [0.25, 0.3) is 11.4 Å². The number of hydrogen-bond donors (Lipinski definition) is 1. The van der Waals surface area contributed by atoms with E-state index in [2.05, 4.69) is 19.8 Å². The molecule has 4 aliphatic carbocycles. The van der Waals surface area contributed by atoms with Gasteiger partial charge in [0.05, 0.1) is 35.4 Å². The highest BCUT2D eigenvalue weighted by Gasteiger charge is 2.76. The lowest BCUT2D eigenvalue weighted by Crippen LogP contribution is -2.69. The Balaban J connectivity index is 0.000000193. The predicted octanol–water partition coefficient (Wildman–Crippen LogP) is 9.55. The molecule has 3 heterocycles. The van der Waals surface area contributed by atoms with E-state index >= 15 is 0 Å². The van der Waals surface area contributed by atoms with Gasteiger partial charge in [-0.05, 0) is 112 Å². The van der Waals surface area contributed by atoms with Gasteiger partial charge in [-0.25, -0.2) is 4.79 Å². The third kappa shape index (κ3) is 7.61. The van der Waals surface area contributed by atoms with Gasteiger partial charge < -0.3 is 28.0 Å². The number of nitrogens with zero attached hydrogens (tertiary/aromatic N) is 3. The number of ketones is 2. The van der Waals surface area contributed by atoms with Crippen molar-refractivity contribution in [1.29, 1.82) is 0 Å². The standard InChI is InChI=1S/C27H30Cl2O6.C18H18F3N3O3/c1-15-11-19-18-7-6-16-12-17(30)8-9-24(16,2)26(18,29)21(31)13-25(19,3)27(15,22(32)14-28)35-23(33)20-5-4-10-34-20;1-10-7-13(16-22-17(27-24-16)18(19,20)21)8-11(2)15(10)25-6-4-5-14-9-12(3)23-26-14/h4-5,8-10,12,15,18-19,21,31H,6-7,11,13-14H2,1-3H3;7-9H,4-6H2,1-3H3/t15-,18+,19+,21+,24+,25+,26+,27+;/m1./s1. The van der Waals surface area contributed by atoms with E-state index in [-0.39, 0.29) is 53.2 Å².